The quantitative estimate of drug-likeness (QED) is 0.297. The second-order valence-corrected chi connectivity index (χ2v) is 12.6. The lowest BCUT2D eigenvalue weighted by molar-refractivity contribution is -0.136. The lowest BCUT2D eigenvalue weighted by atomic mass is 9.90. The number of benzene rings is 2. The van der Waals surface area contributed by atoms with Crippen LogP contribution in [0, 0.1) is 12.8 Å². The van der Waals surface area contributed by atoms with Crippen LogP contribution in [-0.2, 0) is 11.3 Å². The van der Waals surface area contributed by atoms with Gasteiger partial charge in [-0.15, -0.1) is 0 Å². The number of aryl methyl sites for hydroxylation is 1. The first-order chi connectivity index (χ1) is 20.7. The third kappa shape index (κ3) is 8.03. The molecule has 0 radical (unpaired) electrons. The number of carbonyl (C=O) groups excluding carboxylic acids is 2. The third-order valence-corrected chi connectivity index (χ3v) is 8.62. The van der Waals surface area contributed by atoms with Crippen LogP contribution in [0.5, 0.6) is 0 Å². The van der Waals surface area contributed by atoms with Crippen LogP contribution in [0.4, 0.5) is 11.4 Å². The van der Waals surface area contributed by atoms with Crippen LogP contribution in [0.2, 0.25) is 0 Å². The summed E-state index contributed by atoms with van der Waals surface area (Å²) in [6.45, 7) is 4.19. The van der Waals surface area contributed by atoms with Crippen molar-refractivity contribution >= 4 is 23.2 Å². The number of amides is 2. The smallest absolute Gasteiger partial charge is 0.277 e. The zero-order valence-electron chi connectivity index (χ0n) is 26.0. The number of carbonyl (C=O) groups is 2. The standard InChI is InChI=1S/C34H46N6O3/c1-23-19-31(37-43-23)33(41)36-30-21-27(11-16-32(30)39(4)18-6-17-38(2)3)26-8-5-7-24(20-26)22-40(34(42)25-9-10-25)29-14-12-28(35)13-15-29/h5,7-8,11,16,19-21,25,28-29H,6,9-10,12-15,17-18,22,35H2,1-4H3,(H,36,41). The fraction of sp³-hybridized carbons (Fsp3) is 0.500. The first-order valence-corrected chi connectivity index (χ1v) is 15.6. The molecule has 3 aromatic rings. The molecule has 5 rings (SSSR count). The molecule has 3 N–H and O–H groups in total. The van der Waals surface area contributed by atoms with Crippen LogP contribution in [0.15, 0.2) is 53.1 Å². The second kappa shape index (κ2) is 13.7. The molecule has 43 heavy (non-hydrogen) atoms. The zero-order valence-corrected chi connectivity index (χ0v) is 26.0. The van der Waals surface area contributed by atoms with Gasteiger partial charge in [-0.25, -0.2) is 0 Å². The van der Waals surface area contributed by atoms with Crippen molar-refractivity contribution in [2.45, 2.75) is 70.5 Å². The van der Waals surface area contributed by atoms with Crippen molar-refractivity contribution < 1.29 is 14.1 Å². The summed E-state index contributed by atoms with van der Waals surface area (Å²) in [7, 11) is 6.19. The van der Waals surface area contributed by atoms with Crippen LogP contribution in [-0.4, -0.2) is 73.1 Å². The van der Waals surface area contributed by atoms with Crippen LogP contribution >= 0.6 is 0 Å². The largest absolute Gasteiger partial charge is 0.373 e. The Labute approximate surface area is 255 Å². The molecule has 9 nitrogen and oxygen atoms in total. The van der Waals surface area contributed by atoms with Crippen LogP contribution in [0.1, 0.15) is 66.8 Å². The fourth-order valence-corrected chi connectivity index (χ4v) is 5.96. The minimum absolute atomic E-state index is 0.181. The van der Waals surface area contributed by atoms with E-state index in [4.69, 9.17) is 10.3 Å². The molecule has 230 valence electrons. The maximum Gasteiger partial charge on any atom is 0.277 e. The first kappa shape index (κ1) is 30.8. The van der Waals surface area contributed by atoms with Crippen molar-refractivity contribution in [3.05, 3.63) is 65.5 Å². The van der Waals surface area contributed by atoms with Crippen molar-refractivity contribution in [1.29, 1.82) is 0 Å². The molecule has 0 aliphatic heterocycles. The molecule has 0 spiro atoms. The molecule has 2 aliphatic carbocycles. The minimum atomic E-state index is -0.313. The summed E-state index contributed by atoms with van der Waals surface area (Å²) in [6.07, 6.45) is 6.87. The van der Waals surface area contributed by atoms with Crippen molar-refractivity contribution in [3.8, 4) is 11.1 Å². The van der Waals surface area contributed by atoms with Gasteiger partial charge in [0.25, 0.3) is 5.91 Å². The molecule has 0 bridgehead atoms. The predicted octanol–water partition coefficient (Wildman–Crippen LogP) is 5.30. The fourth-order valence-electron chi connectivity index (χ4n) is 5.96. The van der Waals surface area contributed by atoms with Crippen LogP contribution in [0.25, 0.3) is 11.1 Å². The SMILES string of the molecule is Cc1cc(C(=O)Nc2cc(-c3cccc(CN(C(=O)C4CC4)C4CCC(N)CC4)c3)ccc2N(C)CCCN(C)C)no1. The maximum atomic E-state index is 13.4. The Morgan fingerprint density at radius 1 is 0.953 bits per heavy atom. The maximum absolute atomic E-state index is 13.4. The van der Waals surface area contributed by atoms with Gasteiger partial charge >= 0.3 is 0 Å². The second-order valence-electron chi connectivity index (χ2n) is 12.6. The number of rotatable bonds is 12. The molecule has 9 heteroatoms. The van der Waals surface area contributed by atoms with E-state index < -0.39 is 0 Å². The Bertz CT molecular complexity index is 1410. The summed E-state index contributed by atoms with van der Waals surface area (Å²) in [4.78, 5) is 32.9. The van der Waals surface area contributed by atoms with Gasteiger partial charge in [0.15, 0.2) is 5.69 Å². The Morgan fingerprint density at radius 2 is 1.70 bits per heavy atom. The molecule has 1 aromatic heterocycles. The summed E-state index contributed by atoms with van der Waals surface area (Å²) in [5.41, 5.74) is 11.2. The zero-order chi connectivity index (χ0) is 30.5. The monoisotopic (exact) mass is 586 g/mol. The van der Waals surface area contributed by atoms with Gasteiger partial charge < -0.3 is 30.3 Å². The molecule has 2 saturated carbocycles. The van der Waals surface area contributed by atoms with E-state index in [1.807, 2.05) is 13.1 Å². The average molecular weight is 587 g/mol. The Balaban J connectivity index is 1.40. The Kier molecular flexibility index (Phi) is 9.82. The summed E-state index contributed by atoms with van der Waals surface area (Å²) >= 11 is 0. The highest BCUT2D eigenvalue weighted by atomic mass is 16.5. The summed E-state index contributed by atoms with van der Waals surface area (Å²) in [5, 5.41) is 6.98. The molecule has 2 aliphatic rings. The van der Waals surface area contributed by atoms with E-state index in [1.54, 1.807) is 13.0 Å². The number of nitrogens with zero attached hydrogens (tertiary/aromatic N) is 4. The van der Waals surface area contributed by atoms with E-state index in [-0.39, 0.29) is 29.6 Å². The number of hydrogen-bond donors (Lipinski definition) is 2. The third-order valence-electron chi connectivity index (χ3n) is 8.62. The van der Waals surface area contributed by atoms with E-state index >= 15 is 0 Å². The number of hydrogen-bond acceptors (Lipinski definition) is 7. The summed E-state index contributed by atoms with van der Waals surface area (Å²) in [5.74, 6) is 0.746. The molecule has 1 heterocycles. The van der Waals surface area contributed by atoms with Gasteiger partial charge in [0.2, 0.25) is 5.91 Å². The topological polar surface area (TPSA) is 108 Å². The van der Waals surface area contributed by atoms with E-state index in [2.05, 4.69) is 75.7 Å². The summed E-state index contributed by atoms with van der Waals surface area (Å²) < 4.78 is 5.14. The Morgan fingerprint density at radius 3 is 2.37 bits per heavy atom. The van der Waals surface area contributed by atoms with E-state index in [9.17, 15) is 9.59 Å². The lowest BCUT2D eigenvalue weighted by Crippen LogP contribution is -2.44. The molecule has 2 fully saturated rings. The van der Waals surface area contributed by atoms with Gasteiger partial charge in [-0.1, -0.05) is 29.4 Å². The van der Waals surface area contributed by atoms with Gasteiger partial charge in [-0.3, -0.25) is 9.59 Å². The van der Waals surface area contributed by atoms with E-state index in [0.717, 1.165) is 80.4 Å². The van der Waals surface area contributed by atoms with E-state index in [0.29, 0.717) is 23.9 Å². The lowest BCUT2D eigenvalue weighted by Gasteiger charge is -2.36. The van der Waals surface area contributed by atoms with Gasteiger partial charge in [-0.05, 0) is 107 Å². The molecular weight excluding hydrogens is 540 g/mol. The molecule has 2 amide bonds. The minimum Gasteiger partial charge on any atom is -0.373 e. The van der Waals surface area contributed by atoms with Crippen LogP contribution in [0.3, 0.4) is 0 Å². The number of anilines is 2. The normalized spacial score (nSPS) is 18.5. The van der Waals surface area contributed by atoms with Gasteiger partial charge in [0.05, 0.1) is 11.4 Å². The highest BCUT2D eigenvalue weighted by molar-refractivity contribution is 6.05. The highest BCUT2D eigenvalue weighted by Crippen LogP contribution is 2.36. The van der Waals surface area contributed by atoms with Gasteiger partial charge in [0, 0.05) is 44.2 Å². The molecule has 0 saturated heterocycles. The first-order valence-electron chi connectivity index (χ1n) is 15.6. The average Bonchev–Trinajstić information content (AvgIpc) is 3.75. The number of nitrogens with one attached hydrogen (secondary N) is 1. The molecule has 0 unspecified atom stereocenters. The van der Waals surface area contributed by atoms with Crippen LogP contribution < -0.4 is 16.0 Å². The van der Waals surface area contributed by atoms with Crippen molar-refractivity contribution in [1.82, 2.24) is 15.0 Å². The Hall–Kier alpha value is -3.69. The number of nitrogens with two attached hydrogens (primary N) is 1. The van der Waals surface area contributed by atoms with E-state index in [1.165, 1.54) is 0 Å². The number of aromatic nitrogens is 1. The van der Waals surface area contributed by atoms with Gasteiger partial charge in [0.1, 0.15) is 5.76 Å². The predicted molar refractivity (Wildman–Crippen MR) is 171 cm³/mol. The summed E-state index contributed by atoms with van der Waals surface area (Å²) in [6, 6.07) is 16.7. The molecule has 2 aromatic carbocycles. The van der Waals surface area contributed by atoms with Crippen molar-refractivity contribution in [2.24, 2.45) is 11.7 Å². The van der Waals surface area contributed by atoms with Gasteiger partial charge in [-0.2, -0.15) is 0 Å². The highest BCUT2D eigenvalue weighted by Gasteiger charge is 2.37. The van der Waals surface area contributed by atoms with Crippen molar-refractivity contribution in [3.63, 3.8) is 0 Å². The molecular formula is C34H46N6O3. The molecule has 0 atom stereocenters. The van der Waals surface area contributed by atoms with Crippen molar-refractivity contribution in [2.75, 3.05) is 44.4 Å².